The molecule has 5 nitrogen and oxygen atoms in total. The Balaban J connectivity index is 1.82. The molecule has 1 aromatic heterocycles. The molecule has 2 aromatic rings. The zero-order valence-electron chi connectivity index (χ0n) is 15.0. The summed E-state index contributed by atoms with van der Waals surface area (Å²) in [6.45, 7) is 4.16. The second-order valence-electron chi connectivity index (χ2n) is 6.87. The van der Waals surface area contributed by atoms with Crippen LogP contribution in [0.4, 0.5) is 11.8 Å². The number of aromatic nitrogens is 2. The van der Waals surface area contributed by atoms with E-state index in [-0.39, 0.29) is 0 Å². The summed E-state index contributed by atoms with van der Waals surface area (Å²) >= 11 is 0. The Labute approximate surface area is 145 Å². The van der Waals surface area contributed by atoms with Gasteiger partial charge in [-0.2, -0.15) is 4.98 Å². The lowest BCUT2D eigenvalue weighted by Crippen LogP contribution is -2.26. The highest BCUT2D eigenvalue weighted by Crippen LogP contribution is 2.27. The van der Waals surface area contributed by atoms with E-state index in [1.165, 1.54) is 31.1 Å². The molecule has 1 fully saturated rings. The van der Waals surface area contributed by atoms with Crippen molar-refractivity contribution in [3.8, 4) is 0 Å². The minimum absolute atomic E-state index is 0.756. The molecule has 1 aliphatic heterocycles. The average molecular weight is 327 g/mol. The number of hydrogen-bond acceptors (Lipinski definition) is 5. The summed E-state index contributed by atoms with van der Waals surface area (Å²) in [5.74, 6) is 1.85. The van der Waals surface area contributed by atoms with E-state index in [0.29, 0.717) is 0 Å². The second kappa shape index (κ2) is 8.29. The molecule has 5 heteroatoms. The number of fused-ring (bicyclic) bond motifs is 1. The highest BCUT2D eigenvalue weighted by molar-refractivity contribution is 5.90. The van der Waals surface area contributed by atoms with Crippen molar-refractivity contribution in [3.63, 3.8) is 0 Å². The molecule has 1 aliphatic rings. The van der Waals surface area contributed by atoms with Crippen LogP contribution >= 0.6 is 0 Å². The van der Waals surface area contributed by atoms with Crippen LogP contribution in [0.2, 0.25) is 0 Å². The van der Waals surface area contributed by atoms with Crippen LogP contribution in [0.3, 0.4) is 0 Å². The van der Waals surface area contributed by atoms with E-state index in [9.17, 15) is 0 Å². The SMILES string of the molecule is CN(C)CCCNc1nc(N2CCCCCC2)c2ccccc2n1. The number of para-hydroxylation sites is 1. The van der Waals surface area contributed by atoms with Crippen molar-refractivity contribution in [2.24, 2.45) is 0 Å². The molecule has 0 unspecified atom stereocenters. The van der Waals surface area contributed by atoms with Crippen molar-refractivity contribution in [1.29, 1.82) is 0 Å². The van der Waals surface area contributed by atoms with Crippen molar-refractivity contribution >= 4 is 22.7 Å². The second-order valence-corrected chi connectivity index (χ2v) is 6.87. The first kappa shape index (κ1) is 17.0. The first-order valence-corrected chi connectivity index (χ1v) is 9.14. The van der Waals surface area contributed by atoms with Gasteiger partial charge < -0.3 is 15.1 Å². The predicted molar refractivity (Wildman–Crippen MR) is 102 cm³/mol. The van der Waals surface area contributed by atoms with E-state index >= 15 is 0 Å². The molecular weight excluding hydrogens is 298 g/mol. The number of benzene rings is 1. The summed E-state index contributed by atoms with van der Waals surface area (Å²) < 4.78 is 0. The summed E-state index contributed by atoms with van der Waals surface area (Å²) in [5, 5.41) is 4.58. The fourth-order valence-corrected chi connectivity index (χ4v) is 3.26. The van der Waals surface area contributed by atoms with E-state index in [4.69, 9.17) is 9.97 Å². The fourth-order valence-electron chi connectivity index (χ4n) is 3.26. The molecule has 3 rings (SSSR count). The van der Waals surface area contributed by atoms with Gasteiger partial charge in [-0.3, -0.25) is 0 Å². The summed E-state index contributed by atoms with van der Waals surface area (Å²) in [7, 11) is 4.20. The molecule has 0 saturated carbocycles. The zero-order valence-corrected chi connectivity index (χ0v) is 15.0. The van der Waals surface area contributed by atoms with Gasteiger partial charge in [0, 0.05) is 25.0 Å². The van der Waals surface area contributed by atoms with Gasteiger partial charge in [0.05, 0.1) is 5.52 Å². The molecule has 0 radical (unpaired) electrons. The van der Waals surface area contributed by atoms with Gasteiger partial charge in [0.1, 0.15) is 5.82 Å². The maximum Gasteiger partial charge on any atom is 0.225 e. The third-order valence-electron chi connectivity index (χ3n) is 4.55. The fraction of sp³-hybridized carbons (Fsp3) is 0.579. The Hall–Kier alpha value is -1.88. The molecule has 24 heavy (non-hydrogen) atoms. The highest BCUT2D eigenvalue weighted by atomic mass is 15.2. The third-order valence-corrected chi connectivity index (χ3v) is 4.55. The standard InChI is InChI=1S/C19H29N5/c1-23(2)13-9-12-20-19-21-17-11-6-5-10-16(17)18(22-19)24-14-7-3-4-8-15-24/h5-6,10-11H,3-4,7-9,12-15H2,1-2H3,(H,20,21,22). The van der Waals surface area contributed by atoms with E-state index in [2.05, 4.69) is 53.5 Å². The van der Waals surface area contributed by atoms with Crippen LogP contribution in [-0.4, -0.2) is 55.1 Å². The molecule has 1 saturated heterocycles. The lowest BCUT2D eigenvalue weighted by Gasteiger charge is -2.23. The first-order chi connectivity index (χ1) is 11.7. The molecule has 2 heterocycles. The molecule has 0 spiro atoms. The van der Waals surface area contributed by atoms with Crippen LogP contribution in [0.25, 0.3) is 10.9 Å². The number of anilines is 2. The summed E-state index contributed by atoms with van der Waals surface area (Å²) in [6, 6.07) is 8.36. The number of nitrogens with zero attached hydrogens (tertiary/aromatic N) is 4. The number of hydrogen-bond donors (Lipinski definition) is 1. The van der Waals surface area contributed by atoms with E-state index in [1.807, 2.05) is 0 Å². The smallest absolute Gasteiger partial charge is 0.225 e. The predicted octanol–water partition coefficient (Wildman–Crippen LogP) is 3.37. The van der Waals surface area contributed by atoms with Crippen molar-refractivity contribution in [1.82, 2.24) is 14.9 Å². The largest absolute Gasteiger partial charge is 0.356 e. The number of nitrogens with one attached hydrogen (secondary N) is 1. The normalized spacial score (nSPS) is 15.7. The molecule has 1 aromatic carbocycles. The maximum absolute atomic E-state index is 4.87. The Morgan fingerprint density at radius 3 is 2.54 bits per heavy atom. The van der Waals surface area contributed by atoms with E-state index < -0.39 is 0 Å². The van der Waals surface area contributed by atoms with E-state index in [0.717, 1.165) is 49.9 Å². The molecule has 130 valence electrons. The molecule has 0 bridgehead atoms. The van der Waals surface area contributed by atoms with Gasteiger partial charge in [0.15, 0.2) is 0 Å². The number of rotatable bonds is 6. The van der Waals surface area contributed by atoms with Crippen LogP contribution in [0.1, 0.15) is 32.1 Å². The minimum Gasteiger partial charge on any atom is -0.356 e. The quantitative estimate of drug-likeness (QED) is 0.824. The molecular formula is C19H29N5. The minimum atomic E-state index is 0.756. The third kappa shape index (κ3) is 4.35. The summed E-state index contributed by atoms with van der Waals surface area (Å²) in [5.41, 5.74) is 1.03. The Morgan fingerprint density at radius 1 is 1.04 bits per heavy atom. The van der Waals surface area contributed by atoms with E-state index in [1.54, 1.807) is 0 Å². The lowest BCUT2D eigenvalue weighted by molar-refractivity contribution is 0.405. The van der Waals surface area contributed by atoms with Crippen LogP contribution in [0.15, 0.2) is 24.3 Å². The van der Waals surface area contributed by atoms with Gasteiger partial charge >= 0.3 is 0 Å². The lowest BCUT2D eigenvalue weighted by atomic mass is 10.2. The average Bonchev–Trinajstić information content (AvgIpc) is 2.87. The molecule has 1 N–H and O–H groups in total. The first-order valence-electron chi connectivity index (χ1n) is 9.14. The summed E-state index contributed by atoms with van der Waals surface area (Å²) in [6.07, 6.45) is 6.25. The van der Waals surface area contributed by atoms with Gasteiger partial charge in [-0.15, -0.1) is 0 Å². The van der Waals surface area contributed by atoms with Crippen molar-refractivity contribution in [2.45, 2.75) is 32.1 Å². The van der Waals surface area contributed by atoms with Gasteiger partial charge in [-0.25, -0.2) is 4.98 Å². The van der Waals surface area contributed by atoms with Gasteiger partial charge in [0.2, 0.25) is 5.95 Å². The van der Waals surface area contributed by atoms with Crippen molar-refractivity contribution in [3.05, 3.63) is 24.3 Å². The van der Waals surface area contributed by atoms with Crippen LogP contribution in [0, 0.1) is 0 Å². The maximum atomic E-state index is 4.87. The molecule has 0 amide bonds. The van der Waals surface area contributed by atoms with Gasteiger partial charge in [0.25, 0.3) is 0 Å². The van der Waals surface area contributed by atoms with Crippen molar-refractivity contribution in [2.75, 3.05) is 50.5 Å². The topological polar surface area (TPSA) is 44.3 Å². The van der Waals surface area contributed by atoms with Gasteiger partial charge in [-0.1, -0.05) is 25.0 Å². The van der Waals surface area contributed by atoms with Crippen LogP contribution in [-0.2, 0) is 0 Å². The Kier molecular flexibility index (Phi) is 5.86. The summed E-state index contributed by atoms with van der Waals surface area (Å²) in [4.78, 5) is 14.2. The zero-order chi connectivity index (χ0) is 16.8. The highest BCUT2D eigenvalue weighted by Gasteiger charge is 2.16. The molecule has 0 aliphatic carbocycles. The molecule has 0 atom stereocenters. The Bertz CT molecular complexity index is 647. The van der Waals surface area contributed by atoms with Crippen LogP contribution < -0.4 is 10.2 Å². The van der Waals surface area contributed by atoms with Crippen molar-refractivity contribution < 1.29 is 0 Å². The Morgan fingerprint density at radius 2 is 1.79 bits per heavy atom. The van der Waals surface area contributed by atoms with Crippen LogP contribution in [0.5, 0.6) is 0 Å². The van der Waals surface area contributed by atoms with Gasteiger partial charge in [-0.05, 0) is 52.0 Å². The monoisotopic (exact) mass is 327 g/mol.